The van der Waals surface area contributed by atoms with Crippen molar-refractivity contribution in [1.82, 2.24) is 20.0 Å². The standard InChI is InChI=1S/C28H28ClFN4O4/c1-15(35)27-20-8-7-19(38-14-16-5-6-16)11-23(20)33(32-27)13-25(36)34-22-9-18(22)10-24(34)28(37)31-12-17-3-2-4-21(29)26(17)30/h2-4,7-8,11,16,18,22,24H,5-6,9-10,12-14H2,1H3,(H,31,37)/t18-,22-,24+/m1/s1. The number of rotatable bonds is 9. The van der Waals surface area contributed by atoms with Gasteiger partial charge in [-0.3, -0.25) is 19.1 Å². The van der Waals surface area contributed by atoms with Gasteiger partial charge in [0.1, 0.15) is 29.8 Å². The molecule has 3 atom stereocenters. The zero-order chi connectivity index (χ0) is 26.6. The van der Waals surface area contributed by atoms with Crippen LogP contribution in [0.2, 0.25) is 5.02 Å². The van der Waals surface area contributed by atoms with Crippen molar-refractivity contribution in [2.75, 3.05) is 6.61 Å². The van der Waals surface area contributed by atoms with Gasteiger partial charge in [0, 0.05) is 36.5 Å². The molecule has 0 radical (unpaired) electrons. The molecule has 2 heterocycles. The molecule has 0 spiro atoms. The number of amides is 2. The van der Waals surface area contributed by atoms with Crippen molar-refractivity contribution in [2.45, 2.75) is 57.8 Å². The van der Waals surface area contributed by atoms with Crippen molar-refractivity contribution in [3.63, 3.8) is 0 Å². The molecule has 198 valence electrons. The predicted octanol–water partition coefficient (Wildman–Crippen LogP) is 4.13. The van der Waals surface area contributed by atoms with Gasteiger partial charge in [-0.05, 0) is 55.7 Å². The minimum Gasteiger partial charge on any atom is -0.493 e. The summed E-state index contributed by atoms with van der Waals surface area (Å²) >= 11 is 5.85. The van der Waals surface area contributed by atoms with Crippen LogP contribution in [-0.4, -0.2) is 51.0 Å². The lowest BCUT2D eigenvalue weighted by atomic mass is 10.1. The summed E-state index contributed by atoms with van der Waals surface area (Å²) < 4.78 is 21.7. The quantitative estimate of drug-likeness (QED) is 0.414. The Kier molecular flexibility index (Phi) is 6.34. The molecule has 3 aliphatic rings. The Balaban J connectivity index is 1.20. The number of ketones is 1. The maximum absolute atomic E-state index is 14.3. The first-order valence-electron chi connectivity index (χ1n) is 13.0. The molecule has 2 aromatic carbocycles. The van der Waals surface area contributed by atoms with E-state index >= 15 is 0 Å². The second kappa shape index (κ2) is 9.69. The van der Waals surface area contributed by atoms with Gasteiger partial charge in [-0.1, -0.05) is 23.7 Å². The minimum atomic E-state index is -0.639. The van der Waals surface area contributed by atoms with E-state index in [1.807, 2.05) is 12.1 Å². The highest BCUT2D eigenvalue weighted by molar-refractivity contribution is 6.30. The van der Waals surface area contributed by atoms with Gasteiger partial charge in [0.2, 0.25) is 11.8 Å². The first-order chi connectivity index (χ1) is 18.3. The Morgan fingerprint density at radius 2 is 2.00 bits per heavy atom. The van der Waals surface area contributed by atoms with Gasteiger partial charge in [-0.25, -0.2) is 4.39 Å². The van der Waals surface area contributed by atoms with Crippen LogP contribution in [0, 0.1) is 17.7 Å². The molecule has 1 saturated heterocycles. The van der Waals surface area contributed by atoms with Crippen LogP contribution in [-0.2, 0) is 22.7 Å². The molecule has 2 saturated carbocycles. The molecule has 1 aromatic heterocycles. The lowest BCUT2D eigenvalue weighted by Crippen LogP contribution is -2.48. The summed E-state index contributed by atoms with van der Waals surface area (Å²) in [6.07, 6.45) is 3.77. The number of carbonyl (C=O) groups excluding carboxylic acids is 3. The van der Waals surface area contributed by atoms with Crippen LogP contribution in [0.5, 0.6) is 5.75 Å². The highest BCUT2D eigenvalue weighted by Gasteiger charge is 2.56. The van der Waals surface area contributed by atoms with Gasteiger partial charge in [0.25, 0.3) is 0 Å². The summed E-state index contributed by atoms with van der Waals surface area (Å²) in [6, 6.07) is 9.45. The van der Waals surface area contributed by atoms with E-state index in [9.17, 15) is 18.8 Å². The number of Topliss-reactive ketones (excluding diaryl/α,β-unsaturated/α-hetero) is 1. The van der Waals surface area contributed by atoms with Crippen molar-refractivity contribution in [3.05, 3.63) is 58.5 Å². The monoisotopic (exact) mass is 538 g/mol. The summed E-state index contributed by atoms with van der Waals surface area (Å²) in [5.74, 6) is 0.211. The number of halogens is 2. The van der Waals surface area contributed by atoms with Crippen LogP contribution in [0.1, 0.15) is 48.7 Å². The highest BCUT2D eigenvalue weighted by Crippen LogP contribution is 2.48. The van der Waals surface area contributed by atoms with E-state index in [0.29, 0.717) is 41.3 Å². The number of ether oxygens (including phenoxy) is 1. The molecule has 1 aliphatic heterocycles. The molecule has 2 aliphatic carbocycles. The van der Waals surface area contributed by atoms with E-state index in [-0.39, 0.29) is 53.2 Å². The molecule has 1 N–H and O–H groups in total. The second-order valence-corrected chi connectivity index (χ2v) is 10.9. The third kappa shape index (κ3) is 4.75. The molecule has 8 nitrogen and oxygen atoms in total. The summed E-state index contributed by atoms with van der Waals surface area (Å²) in [7, 11) is 0. The Hall–Kier alpha value is -3.46. The van der Waals surface area contributed by atoms with Gasteiger partial charge >= 0.3 is 0 Å². The molecule has 6 rings (SSSR count). The van der Waals surface area contributed by atoms with Crippen LogP contribution >= 0.6 is 11.6 Å². The van der Waals surface area contributed by atoms with Crippen LogP contribution in [0.4, 0.5) is 4.39 Å². The summed E-state index contributed by atoms with van der Waals surface area (Å²) in [4.78, 5) is 40.6. The van der Waals surface area contributed by atoms with Gasteiger partial charge in [-0.15, -0.1) is 0 Å². The molecule has 3 fully saturated rings. The number of hydrogen-bond acceptors (Lipinski definition) is 5. The van der Waals surface area contributed by atoms with Crippen LogP contribution < -0.4 is 10.1 Å². The number of piperidine rings is 1. The molecule has 2 amide bonds. The highest BCUT2D eigenvalue weighted by atomic mass is 35.5. The summed E-state index contributed by atoms with van der Waals surface area (Å²) in [6.45, 7) is 1.97. The molecule has 10 heteroatoms. The Morgan fingerprint density at radius 3 is 2.76 bits per heavy atom. The Labute approximate surface area is 224 Å². The van der Waals surface area contributed by atoms with Crippen molar-refractivity contribution >= 4 is 40.1 Å². The van der Waals surface area contributed by atoms with Crippen LogP contribution in [0.15, 0.2) is 36.4 Å². The lowest BCUT2D eigenvalue weighted by molar-refractivity contribution is -0.140. The van der Waals surface area contributed by atoms with E-state index in [0.717, 1.165) is 6.42 Å². The van der Waals surface area contributed by atoms with E-state index in [1.165, 1.54) is 30.5 Å². The lowest BCUT2D eigenvalue weighted by Gasteiger charge is -2.27. The fourth-order valence-electron chi connectivity index (χ4n) is 5.37. The predicted molar refractivity (Wildman–Crippen MR) is 138 cm³/mol. The Bertz CT molecular complexity index is 1450. The normalized spacial score (nSPS) is 21.9. The Morgan fingerprint density at radius 1 is 1.18 bits per heavy atom. The maximum Gasteiger partial charge on any atom is 0.245 e. The average molecular weight is 539 g/mol. The second-order valence-electron chi connectivity index (χ2n) is 10.5. The number of nitrogens with zero attached hydrogens (tertiary/aromatic N) is 3. The van der Waals surface area contributed by atoms with Gasteiger partial charge < -0.3 is 15.0 Å². The van der Waals surface area contributed by atoms with Gasteiger partial charge in [0.05, 0.1) is 17.1 Å². The largest absolute Gasteiger partial charge is 0.493 e. The van der Waals surface area contributed by atoms with Crippen molar-refractivity contribution in [3.8, 4) is 5.75 Å². The SMILES string of the molecule is CC(=O)c1nn(CC(=O)N2[C@@H]3C[C@@H]3C[C@H]2C(=O)NCc2cccc(Cl)c2F)c2cc(OCC3CC3)ccc12. The topological polar surface area (TPSA) is 93.5 Å². The molecular formula is C28H28ClFN4O4. The van der Waals surface area contributed by atoms with Crippen LogP contribution in [0.25, 0.3) is 10.9 Å². The molecular weight excluding hydrogens is 511 g/mol. The van der Waals surface area contributed by atoms with Crippen LogP contribution in [0.3, 0.4) is 0 Å². The zero-order valence-corrected chi connectivity index (χ0v) is 21.7. The number of fused-ring (bicyclic) bond motifs is 2. The number of hydrogen-bond donors (Lipinski definition) is 1. The van der Waals surface area contributed by atoms with E-state index in [2.05, 4.69) is 10.4 Å². The van der Waals surface area contributed by atoms with Crippen molar-refractivity contribution < 1.29 is 23.5 Å². The van der Waals surface area contributed by atoms with E-state index in [4.69, 9.17) is 16.3 Å². The van der Waals surface area contributed by atoms with Gasteiger partial charge in [0.15, 0.2) is 5.78 Å². The third-order valence-electron chi connectivity index (χ3n) is 7.70. The number of likely N-dealkylation sites (tertiary alicyclic amines) is 1. The number of benzene rings is 2. The van der Waals surface area contributed by atoms with E-state index < -0.39 is 11.9 Å². The van der Waals surface area contributed by atoms with E-state index in [1.54, 1.807) is 23.1 Å². The number of nitrogens with one attached hydrogen (secondary N) is 1. The zero-order valence-electron chi connectivity index (χ0n) is 21.0. The number of carbonyl (C=O) groups is 3. The molecule has 0 bridgehead atoms. The van der Waals surface area contributed by atoms with Crippen molar-refractivity contribution in [2.24, 2.45) is 11.8 Å². The summed E-state index contributed by atoms with van der Waals surface area (Å²) in [5, 5.41) is 7.88. The first-order valence-corrected chi connectivity index (χ1v) is 13.3. The molecule has 0 unspecified atom stereocenters. The third-order valence-corrected chi connectivity index (χ3v) is 8.00. The molecule has 38 heavy (non-hydrogen) atoms. The maximum atomic E-state index is 14.3. The number of aromatic nitrogens is 2. The fraction of sp³-hybridized carbons (Fsp3) is 0.429. The van der Waals surface area contributed by atoms with Crippen molar-refractivity contribution in [1.29, 1.82) is 0 Å². The smallest absolute Gasteiger partial charge is 0.245 e. The van der Waals surface area contributed by atoms with Gasteiger partial charge in [-0.2, -0.15) is 5.10 Å². The average Bonchev–Trinajstić information content (AvgIpc) is 3.81. The minimum absolute atomic E-state index is 0.00635. The fourth-order valence-corrected chi connectivity index (χ4v) is 5.56. The summed E-state index contributed by atoms with van der Waals surface area (Å²) in [5.41, 5.74) is 1.22. The first kappa shape index (κ1) is 24.9. The molecule has 3 aromatic rings.